The number of nitrogens with zero attached hydrogens (tertiary/aromatic N) is 2. The number of alkyl halides is 3. The molecule has 7 nitrogen and oxygen atoms in total. The molecule has 0 aliphatic carbocycles. The predicted molar refractivity (Wildman–Crippen MR) is 136 cm³/mol. The summed E-state index contributed by atoms with van der Waals surface area (Å²) in [6.45, 7) is 3.12. The van der Waals surface area contributed by atoms with Crippen molar-refractivity contribution in [3.8, 4) is 5.75 Å². The number of rotatable bonds is 8. The van der Waals surface area contributed by atoms with Crippen LogP contribution in [0, 0.1) is 0 Å². The number of amides is 1. The van der Waals surface area contributed by atoms with Gasteiger partial charge in [-0.05, 0) is 49.7 Å². The average molecular weight is 517 g/mol. The van der Waals surface area contributed by atoms with Crippen LogP contribution in [-0.4, -0.2) is 55.2 Å². The Morgan fingerprint density at radius 3 is 2.51 bits per heavy atom. The van der Waals surface area contributed by atoms with Crippen LogP contribution < -0.4 is 20.9 Å². The third-order valence-corrected chi connectivity index (χ3v) is 6.87. The molecule has 0 saturated carbocycles. The maximum absolute atomic E-state index is 13.0. The van der Waals surface area contributed by atoms with Crippen LogP contribution >= 0.6 is 0 Å². The summed E-state index contributed by atoms with van der Waals surface area (Å²) in [6.07, 6.45) is -2.63. The van der Waals surface area contributed by atoms with Gasteiger partial charge in [-0.25, -0.2) is 0 Å². The molecule has 0 radical (unpaired) electrons. The van der Waals surface area contributed by atoms with Crippen molar-refractivity contribution in [2.75, 3.05) is 33.8 Å². The highest BCUT2D eigenvalue weighted by Gasteiger charge is 2.30. The number of methoxy groups -OCH3 is 1. The second-order valence-electron chi connectivity index (χ2n) is 9.21. The lowest BCUT2D eigenvalue weighted by Crippen LogP contribution is -2.43. The second kappa shape index (κ2) is 11.4. The van der Waals surface area contributed by atoms with Gasteiger partial charge in [-0.2, -0.15) is 13.2 Å². The quantitative estimate of drug-likeness (QED) is 0.478. The molecule has 1 saturated heterocycles. The van der Waals surface area contributed by atoms with Gasteiger partial charge in [0, 0.05) is 50.2 Å². The first-order chi connectivity index (χ1) is 17.7. The molecular weight excluding hydrogens is 485 g/mol. The number of benzene rings is 2. The summed E-state index contributed by atoms with van der Waals surface area (Å²) >= 11 is 0. The van der Waals surface area contributed by atoms with E-state index in [0.717, 1.165) is 32.0 Å². The molecule has 1 aliphatic rings. The zero-order chi connectivity index (χ0) is 26.6. The molecule has 0 atom stereocenters. The number of pyridine rings is 1. The summed E-state index contributed by atoms with van der Waals surface area (Å²) in [5.74, 6) is 0.279. The molecule has 198 valence electrons. The lowest BCUT2D eigenvalue weighted by Gasteiger charge is -2.32. The van der Waals surface area contributed by atoms with Gasteiger partial charge < -0.3 is 24.8 Å². The van der Waals surface area contributed by atoms with E-state index < -0.39 is 11.7 Å². The lowest BCUT2D eigenvalue weighted by molar-refractivity contribution is -0.137. The predicted octanol–water partition coefficient (Wildman–Crippen LogP) is 3.64. The number of carbonyl (C=O) groups excluding carboxylic acids is 1. The van der Waals surface area contributed by atoms with E-state index in [2.05, 4.69) is 15.5 Å². The minimum Gasteiger partial charge on any atom is -0.497 e. The molecule has 0 spiro atoms. The van der Waals surface area contributed by atoms with Gasteiger partial charge in [0.1, 0.15) is 5.75 Å². The van der Waals surface area contributed by atoms with E-state index in [0.29, 0.717) is 47.4 Å². The van der Waals surface area contributed by atoms with Gasteiger partial charge in [0.05, 0.1) is 23.8 Å². The Morgan fingerprint density at radius 1 is 1.08 bits per heavy atom. The molecule has 37 heavy (non-hydrogen) atoms. The van der Waals surface area contributed by atoms with Crippen molar-refractivity contribution < 1.29 is 22.7 Å². The van der Waals surface area contributed by atoms with Gasteiger partial charge >= 0.3 is 6.18 Å². The highest BCUT2D eigenvalue weighted by atomic mass is 19.4. The van der Waals surface area contributed by atoms with Crippen LogP contribution in [0.25, 0.3) is 10.9 Å². The molecule has 2 heterocycles. The van der Waals surface area contributed by atoms with Crippen LogP contribution in [0.5, 0.6) is 5.75 Å². The van der Waals surface area contributed by atoms with Crippen molar-refractivity contribution in [3.63, 3.8) is 0 Å². The highest BCUT2D eigenvalue weighted by Crippen LogP contribution is 2.29. The smallest absolute Gasteiger partial charge is 0.416 e. The third kappa shape index (κ3) is 6.31. The summed E-state index contributed by atoms with van der Waals surface area (Å²) in [6, 6.07) is 12.3. The van der Waals surface area contributed by atoms with Crippen LogP contribution in [0.2, 0.25) is 0 Å². The first kappa shape index (κ1) is 26.7. The maximum Gasteiger partial charge on any atom is 0.416 e. The Kier molecular flexibility index (Phi) is 8.19. The fourth-order valence-corrected chi connectivity index (χ4v) is 4.76. The number of likely N-dealkylation sites (tertiary alicyclic amines) is 1. The SMILES string of the molecule is CNC(=O)c1cc(=O)n(CCN2CCC(NCc3cccc(C(F)(F)F)c3)CC2)c2cc(OC)ccc12. The van der Waals surface area contributed by atoms with Crippen LogP contribution in [-0.2, 0) is 19.3 Å². The number of nitrogens with one attached hydrogen (secondary N) is 2. The van der Waals surface area contributed by atoms with Gasteiger partial charge in [0.2, 0.25) is 0 Å². The molecule has 3 aromatic rings. The Morgan fingerprint density at radius 2 is 1.84 bits per heavy atom. The Labute approximate surface area is 213 Å². The molecular formula is C27H31F3N4O3. The van der Waals surface area contributed by atoms with E-state index in [1.807, 2.05) is 0 Å². The first-order valence-corrected chi connectivity index (χ1v) is 12.2. The minimum atomic E-state index is -4.34. The van der Waals surface area contributed by atoms with Crippen LogP contribution in [0.15, 0.2) is 53.3 Å². The maximum atomic E-state index is 13.0. The lowest BCUT2D eigenvalue weighted by atomic mass is 10.0. The minimum absolute atomic E-state index is 0.213. The van der Waals surface area contributed by atoms with Crippen molar-refractivity contribution in [1.29, 1.82) is 0 Å². The summed E-state index contributed by atoms with van der Waals surface area (Å²) < 4.78 is 45.9. The second-order valence-corrected chi connectivity index (χ2v) is 9.21. The van der Waals surface area contributed by atoms with Crippen molar-refractivity contribution in [3.05, 3.63) is 75.6 Å². The van der Waals surface area contributed by atoms with Crippen molar-refractivity contribution in [2.24, 2.45) is 0 Å². The van der Waals surface area contributed by atoms with Gasteiger partial charge in [-0.3, -0.25) is 9.59 Å². The molecule has 1 fully saturated rings. The third-order valence-electron chi connectivity index (χ3n) is 6.87. The average Bonchev–Trinajstić information content (AvgIpc) is 2.90. The topological polar surface area (TPSA) is 75.6 Å². The number of hydrogen-bond acceptors (Lipinski definition) is 5. The highest BCUT2D eigenvalue weighted by molar-refractivity contribution is 6.06. The fraction of sp³-hybridized carbons (Fsp3) is 0.407. The molecule has 1 amide bonds. The standard InChI is InChI=1S/C27H31F3N4O3/c1-31-26(36)23-16-25(35)34(24-15-21(37-2)6-7-22(23)24)13-12-33-10-8-20(9-11-33)32-17-18-4-3-5-19(14-18)27(28,29)30/h3-7,14-16,20,32H,8-13,17H2,1-2H3,(H,31,36). The van der Waals surface area contributed by atoms with E-state index in [-0.39, 0.29) is 17.5 Å². The number of halogens is 3. The molecule has 2 N–H and O–H groups in total. The Balaban J connectivity index is 1.37. The van der Waals surface area contributed by atoms with E-state index >= 15 is 0 Å². The number of piperidine rings is 1. The Bertz CT molecular complexity index is 1310. The molecule has 1 aliphatic heterocycles. The van der Waals surface area contributed by atoms with E-state index in [1.165, 1.54) is 25.2 Å². The molecule has 2 aromatic carbocycles. The summed E-state index contributed by atoms with van der Waals surface area (Å²) in [4.78, 5) is 27.6. The van der Waals surface area contributed by atoms with Crippen LogP contribution in [0.1, 0.15) is 34.3 Å². The molecule has 1 aromatic heterocycles. The number of fused-ring (bicyclic) bond motifs is 1. The van der Waals surface area contributed by atoms with Crippen molar-refractivity contribution in [2.45, 2.75) is 38.1 Å². The summed E-state index contributed by atoms with van der Waals surface area (Å²) in [7, 11) is 3.08. The van der Waals surface area contributed by atoms with E-state index in [9.17, 15) is 22.8 Å². The summed E-state index contributed by atoms with van der Waals surface area (Å²) in [5.41, 5.74) is 0.693. The Hall–Kier alpha value is -3.37. The molecule has 0 unspecified atom stereocenters. The van der Waals surface area contributed by atoms with Gasteiger partial charge in [0.15, 0.2) is 0 Å². The first-order valence-electron chi connectivity index (χ1n) is 12.2. The van der Waals surface area contributed by atoms with Gasteiger partial charge in [0.25, 0.3) is 11.5 Å². The zero-order valence-electron chi connectivity index (χ0n) is 20.9. The summed E-state index contributed by atoms with van der Waals surface area (Å²) in [5, 5.41) is 6.64. The zero-order valence-corrected chi connectivity index (χ0v) is 20.9. The van der Waals surface area contributed by atoms with Crippen LogP contribution in [0.4, 0.5) is 13.2 Å². The largest absolute Gasteiger partial charge is 0.497 e. The number of hydrogen-bond donors (Lipinski definition) is 2. The fourth-order valence-electron chi connectivity index (χ4n) is 4.76. The number of aromatic nitrogens is 1. The number of ether oxygens (including phenoxy) is 1. The van der Waals surface area contributed by atoms with Crippen LogP contribution in [0.3, 0.4) is 0 Å². The van der Waals surface area contributed by atoms with E-state index in [4.69, 9.17) is 4.74 Å². The van der Waals surface area contributed by atoms with Crippen molar-refractivity contribution >= 4 is 16.8 Å². The normalized spacial score (nSPS) is 15.2. The molecule has 10 heteroatoms. The monoisotopic (exact) mass is 516 g/mol. The number of carbonyl (C=O) groups is 1. The van der Waals surface area contributed by atoms with Crippen molar-refractivity contribution in [1.82, 2.24) is 20.1 Å². The molecule has 4 rings (SSSR count). The molecule has 0 bridgehead atoms. The van der Waals surface area contributed by atoms with Gasteiger partial charge in [-0.1, -0.05) is 18.2 Å². The van der Waals surface area contributed by atoms with E-state index in [1.54, 1.807) is 35.9 Å². The van der Waals surface area contributed by atoms with Gasteiger partial charge in [-0.15, -0.1) is 0 Å².